The molecule has 9 rings (SSSR count). The molecule has 2 bridgehead atoms. The van der Waals surface area contributed by atoms with Gasteiger partial charge < -0.3 is 25.0 Å². The Bertz CT molecular complexity index is 2060. The number of anilines is 1. The molecule has 0 spiro atoms. The normalized spacial score (nSPS) is 27.1. The van der Waals surface area contributed by atoms with Crippen LogP contribution in [0.25, 0.3) is 32.9 Å². The highest BCUT2D eigenvalue weighted by molar-refractivity contribution is 6.03. The molecule has 47 heavy (non-hydrogen) atoms. The maximum atomic E-state index is 16.8. The van der Waals surface area contributed by atoms with E-state index in [2.05, 4.69) is 37.1 Å². The van der Waals surface area contributed by atoms with Crippen LogP contribution in [0.4, 0.5) is 14.6 Å². The zero-order valence-corrected chi connectivity index (χ0v) is 25.8. The van der Waals surface area contributed by atoms with E-state index in [1.54, 1.807) is 6.20 Å². The zero-order valence-electron chi connectivity index (χ0n) is 25.8. The lowest BCUT2D eigenvalue weighted by Gasteiger charge is -2.34. The second kappa shape index (κ2) is 10.2. The lowest BCUT2D eigenvalue weighted by molar-refractivity contribution is 0.160. The summed E-state index contributed by atoms with van der Waals surface area (Å²) in [5, 5.41) is 25.0. The van der Waals surface area contributed by atoms with Gasteiger partial charge in [0.1, 0.15) is 28.6 Å². The monoisotopic (exact) mass is 633 g/mol. The van der Waals surface area contributed by atoms with Crippen LogP contribution in [-0.4, -0.2) is 76.4 Å². The summed E-state index contributed by atoms with van der Waals surface area (Å²) in [6.45, 7) is 4.45. The highest BCUT2D eigenvalue weighted by Gasteiger charge is 2.62. The van der Waals surface area contributed by atoms with Crippen molar-refractivity contribution < 1.29 is 18.6 Å². The van der Waals surface area contributed by atoms with E-state index in [1.165, 1.54) is 24.3 Å². The molecule has 5 aliphatic rings. The topological polar surface area (TPSA) is 110 Å². The first kappa shape index (κ1) is 28.6. The van der Waals surface area contributed by atoms with Gasteiger partial charge in [-0.3, -0.25) is 4.98 Å². The number of rotatable bonds is 7. The first-order valence-corrected chi connectivity index (χ1v) is 16.3. The zero-order chi connectivity index (χ0) is 32.1. The maximum absolute atomic E-state index is 16.8. The van der Waals surface area contributed by atoms with E-state index in [-0.39, 0.29) is 50.3 Å². The van der Waals surface area contributed by atoms with Gasteiger partial charge in [-0.1, -0.05) is 12.0 Å². The SMILES string of the molecule is C#Cc1c(F)ccc2cc(O)cc(-c3ncc4c(N5CC6CCC(C5)N6)nc(OCC5(CN6CC7CC7(C#N)C6)CC5)nc4c3F)c12. The van der Waals surface area contributed by atoms with E-state index in [0.717, 1.165) is 51.7 Å². The number of likely N-dealkylation sites (tertiary alicyclic amines) is 1. The highest BCUT2D eigenvalue weighted by Crippen LogP contribution is 2.58. The van der Waals surface area contributed by atoms with Crippen LogP contribution >= 0.6 is 0 Å². The standard InChI is InChI=1S/C36H33F2N7O2/c1-2-25-28(37)6-3-20-9-24(46)10-26(29(20)25)31-30(38)32-27(12-40-31)33(45-14-22-4-5-23(15-45)41-22)43-34(42-32)47-19-35(7-8-35)17-44-13-21-11-36(21,16-39)18-44/h1,3,6,9-10,12,21-23,41,46H,4-5,7-8,11,13-15,17-19H2. The lowest BCUT2D eigenvalue weighted by atomic mass is 9.96. The summed E-state index contributed by atoms with van der Waals surface area (Å²) < 4.78 is 38.0. The van der Waals surface area contributed by atoms with Gasteiger partial charge in [-0.05, 0) is 61.6 Å². The third-order valence-electron chi connectivity index (χ3n) is 11.1. The Balaban J connectivity index is 1.11. The number of hydrogen-bond acceptors (Lipinski definition) is 9. The Morgan fingerprint density at radius 3 is 2.66 bits per heavy atom. The van der Waals surface area contributed by atoms with Crippen LogP contribution in [-0.2, 0) is 0 Å². The van der Waals surface area contributed by atoms with Gasteiger partial charge in [0.2, 0.25) is 0 Å². The minimum Gasteiger partial charge on any atom is -0.508 e. The number of pyridine rings is 1. The van der Waals surface area contributed by atoms with Crippen molar-refractivity contribution in [2.45, 2.75) is 44.2 Å². The van der Waals surface area contributed by atoms with Crippen LogP contribution in [0.15, 0.2) is 30.5 Å². The number of aromatic hydroxyl groups is 1. The van der Waals surface area contributed by atoms with Crippen molar-refractivity contribution in [3.63, 3.8) is 0 Å². The summed E-state index contributed by atoms with van der Waals surface area (Å²) in [6.07, 6.45) is 12.4. The van der Waals surface area contributed by atoms with Crippen molar-refractivity contribution in [1.82, 2.24) is 25.2 Å². The smallest absolute Gasteiger partial charge is 0.319 e. The Morgan fingerprint density at radius 2 is 1.94 bits per heavy atom. The minimum atomic E-state index is -0.729. The van der Waals surface area contributed by atoms with Crippen LogP contribution in [0.3, 0.4) is 0 Å². The van der Waals surface area contributed by atoms with Gasteiger partial charge in [0.15, 0.2) is 5.82 Å². The number of nitrogens with one attached hydrogen (secondary N) is 1. The Kier molecular flexibility index (Phi) is 6.22. The molecule has 2 aromatic carbocycles. The molecule has 4 aromatic rings. The number of benzene rings is 2. The minimum absolute atomic E-state index is 0.0341. The molecule has 9 nitrogen and oxygen atoms in total. The van der Waals surface area contributed by atoms with E-state index < -0.39 is 11.6 Å². The number of aromatic nitrogens is 3. The molecule has 3 saturated heterocycles. The van der Waals surface area contributed by atoms with Crippen LogP contribution in [0, 0.1) is 52.1 Å². The van der Waals surface area contributed by atoms with Crippen molar-refractivity contribution in [3.8, 4) is 41.4 Å². The third kappa shape index (κ3) is 4.67. The number of hydrogen-bond donors (Lipinski definition) is 2. The van der Waals surface area contributed by atoms with Gasteiger partial charge in [-0.15, -0.1) is 6.42 Å². The molecule has 2 aromatic heterocycles. The van der Waals surface area contributed by atoms with E-state index in [0.29, 0.717) is 54.3 Å². The van der Waals surface area contributed by atoms with Crippen molar-refractivity contribution in [1.29, 1.82) is 5.26 Å². The number of piperidine rings is 1. The van der Waals surface area contributed by atoms with Gasteiger partial charge in [0, 0.05) is 67.4 Å². The number of piperazine rings is 1. The van der Waals surface area contributed by atoms with Gasteiger partial charge in [0.25, 0.3) is 0 Å². The third-order valence-corrected chi connectivity index (χ3v) is 11.1. The molecule has 2 saturated carbocycles. The summed E-state index contributed by atoms with van der Waals surface area (Å²) in [7, 11) is 0. The van der Waals surface area contributed by atoms with Crippen molar-refractivity contribution >= 4 is 27.5 Å². The summed E-state index contributed by atoms with van der Waals surface area (Å²) >= 11 is 0. The molecule has 238 valence electrons. The highest BCUT2D eigenvalue weighted by atomic mass is 19.1. The van der Waals surface area contributed by atoms with Gasteiger partial charge >= 0.3 is 6.01 Å². The average molecular weight is 634 g/mol. The fraction of sp³-hybridized carbons (Fsp3) is 0.444. The summed E-state index contributed by atoms with van der Waals surface area (Å²) in [4.78, 5) is 18.5. The quantitative estimate of drug-likeness (QED) is 0.279. The first-order chi connectivity index (χ1) is 22.8. The fourth-order valence-corrected chi connectivity index (χ4v) is 8.34. The molecule has 4 unspecified atom stereocenters. The number of terminal acetylenes is 1. The molecule has 0 radical (unpaired) electrons. The maximum Gasteiger partial charge on any atom is 0.319 e. The molecule has 11 heteroatoms. The molecule has 4 atom stereocenters. The van der Waals surface area contributed by atoms with Crippen molar-refractivity contribution in [2.24, 2.45) is 16.7 Å². The van der Waals surface area contributed by atoms with E-state index in [4.69, 9.17) is 16.1 Å². The van der Waals surface area contributed by atoms with Gasteiger partial charge in [-0.25, -0.2) is 8.78 Å². The van der Waals surface area contributed by atoms with Crippen molar-refractivity contribution in [2.75, 3.05) is 44.2 Å². The molecule has 5 fully saturated rings. The number of phenolic OH excluding ortho intramolecular Hbond substituents is 1. The Morgan fingerprint density at radius 1 is 1.13 bits per heavy atom. The van der Waals surface area contributed by atoms with Gasteiger partial charge in [0.05, 0.1) is 29.0 Å². The van der Waals surface area contributed by atoms with E-state index in [1.807, 2.05) is 0 Å². The average Bonchev–Trinajstić information content (AvgIpc) is 3.92. The molecular weight excluding hydrogens is 600 g/mol. The Labute approximate surface area is 270 Å². The second-order valence-corrected chi connectivity index (χ2v) is 14.3. The van der Waals surface area contributed by atoms with E-state index in [9.17, 15) is 14.8 Å². The van der Waals surface area contributed by atoms with Crippen LogP contribution in [0.5, 0.6) is 11.8 Å². The molecule has 2 aliphatic carbocycles. The number of nitriles is 1. The van der Waals surface area contributed by atoms with Crippen LogP contribution < -0.4 is 15.0 Å². The predicted molar refractivity (Wildman–Crippen MR) is 172 cm³/mol. The largest absolute Gasteiger partial charge is 0.508 e. The lowest BCUT2D eigenvalue weighted by Crippen LogP contribution is -2.51. The number of fused-ring (bicyclic) bond motifs is 5. The number of nitrogens with zero attached hydrogens (tertiary/aromatic N) is 6. The molecular formula is C36H33F2N7O2. The summed E-state index contributed by atoms with van der Waals surface area (Å²) in [5.74, 6) is 1.96. The summed E-state index contributed by atoms with van der Waals surface area (Å²) in [5.41, 5.74) is -0.130. The number of phenols is 1. The first-order valence-electron chi connectivity index (χ1n) is 16.3. The Hall–Kier alpha value is -4.58. The number of halogens is 2. The fourth-order valence-electron chi connectivity index (χ4n) is 8.34. The molecule has 5 heterocycles. The molecule has 0 amide bonds. The van der Waals surface area contributed by atoms with Crippen molar-refractivity contribution in [3.05, 3.63) is 47.7 Å². The second-order valence-electron chi connectivity index (χ2n) is 14.3. The van der Waals surface area contributed by atoms with Crippen LogP contribution in [0.1, 0.15) is 37.7 Å². The molecule has 3 aliphatic heterocycles. The summed E-state index contributed by atoms with van der Waals surface area (Å²) in [6, 6.07) is 8.79. The van der Waals surface area contributed by atoms with Crippen LogP contribution in [0.2, 0.25) is 0 Å². The molecule has 2 N–H and O–H groups in total. The van der Waals surface area contributed by atoms with Gasteiger partial charge in [-0.2, -0.15) is 15.2 Å². The predicted octanol–water partition coefficient (Wildman–Crippen LogP) is 4.76. The van der Waals surface area contributed by atoms with E-state index >= 15 is 4.39 Å². The number of ether oxygens (including phenoxy) is 1.